The molecule has 0 aromatic carbocycles. The van der Waals surface area contributed by atoms with Crippen LogP contribution in [0.5, 0.6) is 0 Å². The first-order valence-corrected chi connectivity index (χ1v) is 10.9. The highest BCUT2D eigenvalue weighted by atomic mass is 32.1. The van der Waals surface area contributed by atoms with Crippen LogP contribution in [0.4, 0.5) is 11.6 Å². The second-order valence-corrected chi connectivity index (χ2v) is 8.56. The largest absolute Gasteiger partial charge is 0.355 e. The maximum atomic E-state index is 12.4. The van der Waals surface area contributed by atoms with Gasteiger partial charge in [-0.3, -0.25) is 4.79 Å². The van der Waals surface area contributed by atoms with Crippen molar-refractivity contribution in [2.45, 2.75) is 19.8 Å². The molecule has 4 rings (SSSR count). The zero-order chi connectivity index (χ0) is 19.3. The molecule has 1 amide bonds. The monoisotopic (exact) mass is 397 g/mol. The summed E-state index contributed by atoms with van der Waals surface area (Å²) in [5.74, 6) is 2.76. The Hall–Kier alpha value is -2.41. The van der Waals surface area contributed by atoms with E-state index in [4.69, 9.17) is 0 Å². The van der Waals surface area contributed by atoms with Crippen molar-refractivity contribution in [1.29, 1.82) is 0 Å². The number of rotatable bonds is 4. The SMILES string of the molecule is CC1CCN(c2ccc(N3CCN(C(=O)/C=C/c4cccs4)CC3)nn2)CC1. The van der Waals surface area contributed by atoms with Crippen molar-refractivity contribution in [2.24, 2.45) is 5.92 Å². The van der Waals surface area contributed by atoms with Crippen LogP contribution in [0.1, 0.15) is 24.6 Å². The maximum Gasteiger partial charge on any atom is 0.246 e. The molecular formula is C21H27N5OS. The summed E-state index contributed by atoms with van der Waals surface area (Å²) in [6.45, 7) is 7.43. The highest BCUT2D eigenvalue weighted by Crippen LogP contribution is 2.22. The van der Waals surface area contributed by atoms with Crippen molar-refractivity contribution in [2.75, 3.05) is 49.1 Å². The van der Waals surface area contributed by atoms with Gasteiger partial charge in [-0.2, -0.15) is 0 Å². The number of aromatic nitrogens is 2. The van der Waals surface area contributed by atoms with Crippen molar-refractivity contribution in [3.63, 3.8) is 0 Å². The molecule has 0 aliphatic carbocycles. The molecule has 2 aliphatic heterocycles. The smallest absolute Gasteiger partial charge is 0.246 e. The molecule has 0 spiro atoms. The fraction of sp³-hybridized carbons (Fsp3) is 0.476. The van der Waals surface area contributed by atoms with Gasteiger partial charge in [0.05, 0.1) is 0 Å². The fourth-order valence-corrected chi connectivity index (χ4v) is 4.31. The van der Waals surface area contributed by atoms with Gasteiger partial charge in [-0.1, -0.05) is 13.0 Å². The molecular weight excluding hydrogens is 370 g/mol. The third-order valence-corrected chi connectivity index (χ3v) is 6.43. The minimum absolute atomic E-state index is 0.0776. The molecule has 2 aromatic rings. The van der Waals surface area contributed by atoms with E-state index >= 15 is 0 Å². The Morgan fingerprint density at radius 1 is 1.00 bits per heavy atom. The first-order chi connectivity index (χ1) is 13.7. The summed E-state index contributed by atoms with van der Waals surface area (Å²) >= 11 is 1.64. The summed E-state index contributed by atoms with van der Waals surface area (Å²) in [5, 5.41) is 10.9. The van der Waals surface area contributed by atoms with E-state index < -0.39 is 0 Å². The van der Waals surface area contributed by atoms with E-state index in [0.717, 1.165) is 48.6 Å². The Bertz CT molecular complexity index is 789. The molecule has 148 valence electrons. The number of piperazine rings is 1. The van der Waals surface area contributed by atoms with Crippen LogP contribution in [-0.4, -0.2) is 60.3 Å². The maximum absolute atomic E-state index is 12.4. The van der Waals surface area contributed by atoms with E-state index in [1.54, 1.807) is 17.4 Å². The molecule has 6 nitrogen and oxygen atoms in total. The quantitative estimate of drug-likeness (QED) is 0.742. The second kappa shape index (κ2) is 8.73. The van der Waals surface area contributed by atoms with Crippen LogP contribution >= 0.6 is 11.3 Å². The molecule has 7 heteroatoms. The van der Waals surface area contributed by atoms with Crippen molar-refractivity contribution in [1.82, 2.24) is 15.1 Å². The molecule has 0 radical (unpaired) electrons. The Balaban J connectivity index is 1.29. The lowest BCUT2D eigenvalue weighted by molar-refractivity contribution is -0.126. The van der Waals surface area contributed by atoms with Crippen LogP contribution in [-0.2, 0) is 4.79 Å². The van der Waals surface area contributed by atoms with Crippen molar-refractivity contribution in [3.8, 4) is 0 Å². The number of amides is 1. The van der Waals surface area contributed by atoms with Crippen LogP contribution < -0.4 is 9.80 Å². The number of hydrogen-bond donors (Lipinski definition) is 0. The molecule has 0 N–H and O–H groups in total. The normalized spacial score (nSPS) is 18.8. The number of piperidine rings is 1. The van der Waals surface area contributed by atoms with E-state index in [1.807, 2.05) is 28.5 Å². The van der Waals surface area contributed by atoms with E-state index in [0.29, 0.717) is 13.1 Å². The van der Waals surface area contributed by atoms with Gasteiger partial charge in [-0.05, 0) is 48.4 Å². The third kappa shape index (κ3) is 4.52. The Morgan fingerprint density at radius 3 is 2.21 bits per heavy atom. The minimum Gasteiger partial charge on any atom is -0.355 e. The van der Waals surface area contributed by atoms with E-state index in [9.17, 15) is 4.79 Å². The minimum atomic E-state index is 0.0776. The zero-order valence-corrected chi connectivity index (χ0v) is 17.1. The molecule has 2 aromatic heterocycles. The number of nitrogens with zero attached hydrogens (tertiary/aromatic N) is 5. The van der Waals surface area contributed by atoms with Gasteiger partial charge in [-0.15, -0.1) is 21.5 Å². The van der Waals surface area contributed by atoms with Crippen molar-refractivity contribution >= 4 is 35.0 Å². The van der Waals surface area contributed by atoms with Gasteiger partial charge in [-0.25, -0.2) is 0 Å². The first-order valence-electron chi connectivity index (χ1n) is 10.0. The molecule has 28 heavy (non-hydrogen) atoms. The van der Waals surface area contributed by atoms with Crippen LogP contribution in [0, 0.1) is 5.92 Å². The molecule has 2 fully saturated rings. The van der Waals surface area contributed by atoms with E-state index in [1.165, 1.54) is 12.8 Å². The topological polar surface area (TPSA) is 52.6 Å². The second-order valence-electron chi connectivity index (χ2n) is 7.58. The number of carbonyl (C=O) groups excluding carboxylic acids is 1. The molecule has 2 aliphatic rings. The number of carbonyl (C=O) groups is 1. The summed E-state index contributed by atoms with van der Waals surface area (Å²) in [6.07, 6.45) is 6.02. The molecule has 0 unspecified atom stereocenters. The van der Waals surface area contributed by atoms with Gasteiger partial charge in [0.15, 0.2) is 11.6 Å². The van der Waals surface area contributed by atoms with Gasteiger partial charge in [0.25, 0.3) is 0 Å². The van der Waals surface area contributed by atoms with E-state index in [-0.39, 0.29) is 5.91 Å². The highest BCUT2D eigenvalue weighted by molar-refractivity contribution is 7.10. The van der Waals surface area contributed by atoms with Gasteiger partial charge >= 0.3 is 0 Å². The third-order valence-electron chi connectivity index (χ3n) is 5.59. The summed E-state index contributed by atoms with van der Waals surface area (Å²) in [7, 11) is 0. The molecule has 0 atom stereocenters. The molecule has 0 bridgehead atoms. The van der Waals surface area contributed by atoms with Crippen LogP contribution in [0.2, 0.25) is 0 Å². The summed E-state index contributed by atoms with van der Waals surface area (Å²) in [5.41, 5.74) is 0. The Labute approximate surface area is 170 Å². The van der Waals surface area contributed by atoms with E-state index in [2.05, 4.69) is 39.1 Å². The lowest BCUT2D eigenvalue weighted by atomic mass is 9.99. The number of hydrogen-bond acceptors (Lipinski definition) is 6. The highest BCUT2D eigenvalue weighted by Gasteiger charge is 2.22. The average Bonchev–Trinajstić information content (AvgIpc) is 3.27. The van der Waals surface area contributed by atoms with Crippen LogP contribution in [0.25, 0.3) is 6.08 Å². The van der Waals surface area contributed by atoms with Gasteiger partial charge in [0.2, 0.25) is 5.91 Å². The molecule has 0 saturated carbocycles. The Morgan fingerprint density at radius 2 is 1.64 bits per heavy atom. The predicted octanol–water partition coefficient (Wildman–Crippen LogP) is 3.14. The average molecular weight is 398 g/mol. The van der Waals surface area contributed by atoms with Crippen molar-refractivity contribution in [3.05, 3.63) is 40.6 Å². The number of anilines is 2. The number of thiophene rings is 1. The summed E-state index contributed by atoms with van der Waals surface area (Å²) in [4.78, 5) is 19.9. The van der Waals surface area contributed by atoms with Crippen LogP contribution in [0.3, 0.4) is 0 Å². The van der Waals surface area contributed by atoms with Gasteiger partial charge in [0.1, 0.15) is 0 Å². The first kappa shape index (κ1) is 18.9. The zero-order valence-electron chi connectivity index (χ0n) is 16.3. The van der Waals surface area contributed by atoms with Crippen LogP contribution in [0.15, 0.2) is 35.7 Å². The summed E-state index contributed by atoms with van der Waals surface area (Å²) in [6, 6.07) is 8.15. The van der Waals surface area contributed by atoms with Crippen molar-refractivity contribution < 1.29 is 4.79 Å². The fourth-order valence-electron chi connectivity index (χ4n) is 3.69. The molecule has 2 saturated heterocycles. The lowest BCUT2D eigenvalue weighted by Gasteiger charge is -2.35. The lowest BCUT2D eigenvalue weighted by Crippen LogP contribution is -2.48. The predicted molar refractivity (Wildman–Crippen MR) is 115 cm³/mol. The van der Waals surface area contributed by atoms with Gasteiger partial charge < -0.3 is 14.7 Å². The Kier molecular flexibility index (Phi) is 5.90. The summed E-state index contributed by atoms with van der Waals surface area (Å²) < 4.78 is 0. The molecule has 4 heterocycles. The van der Waals surface area contributed by atoms with Gasteiger partial charge in [0, 0.05) is 50.2 Å². The standard InChI is InChI=1S/C21H27N5OS/c1-17-8-10-24(11-9-17)19-5-6-20(23-22-19)25-12-14-26(15-13-25)21(27)7-4-18-3-2-16-28-18/h2-7,16-17H,8-15H2,1H3/b7-4+.